The first-order chi connectivity index (χ1) is 9.60. The molecule has 0 fully saturated rings. The van der Waals surface area contributed by atoms with Crippen molar-refractivity contribution in [2.75, 3.05) is 7.11 Å². The maximum Gasteiger partial charge on any atom is 0.226 e. The second-order valence-electron chi connectivity index (χ2n) is 4.77. The van der Waals surface area contributed by atoms with E-state index >= 15 is 0 Å². The van der Waals surface area contributed by atoms with E-state index in [-0.39, 0.29) is 11.8 Å². The molecule has 0 bridgehead atoms. The number of aromatic hydroxyl groups is 1. The number of methoxy groups -OCH3 is 1. The lowest BCUT2D eigenvalue weighted by Gasteiger charge is -2.03. The van der Waals surface area contributed by atoms with E-state index in [1.807, 2.05) is 6.92 Å². The summed E-state index contributed by atoms with van der Waals surface area (Å²) < 4.78 is 10.3. The van der Waals surface area contributed by atoms with E-state index in [0.29, 0.717) is 23.9 Å². The van der Waals surface area contributed by atoms with Crippen LogP contribution < -0.4 is 10.5 Å². The summed E-state index contributed by atoms with van der Waals surface area (Å²) in [5, 5.41) is 13.5. The molecule has 0 saturated carbocycles. The van der Waals surface area contributed by atoms with Gasteiger partial charge in [-0.15, -0.1) is 0 Å². The van der Waals surface area contributed by atoms with Gasteiger partial charge in [0.1, 0.15) is 0 Å². The highest BCUT2D eigenvalue weighted by Gasteiger charge is 2.11. The Morgan fingerprint density at radius 2 is 2.25 bits per heavy atom. The van der Waals surface area contributed by atoms with Gasteiger partial charge >= 0.3 is 0 Å². The van der Waals surface area contributed by atoms with E-state index in [2.05, 4.69) is 10.1 Å². The number of rotatable bonds is 6. The Kier molecular flexibility index (Phi) is 4.57. The van der Waals surface area contributed by atoms with Crippen LogP contribution in [0.15, 0.2) is 22.7 Å². The first kappa shape index (κ1) is 14.3. The molecule has 0 spiro atoms. The van der Waals surface area contributed by atoms with E-state index < -0.39 is 0 Å². The molecule has 0 saturated heterocycles. The summed E-state index contributed by atoms with van der Waals surface area (Å²) in [6.45, 7) is 1.97. The molecule has 3 N–H and O–H groups in total. The van der Waals surface area contributed by atoms with E-state index in [0.717, 1.165) is 18.4 Å². The van der Waals surface area contributed by atoms with Crippen molar-refractivity contribution in [3.8, 4) is 22.9 Å². The minimum absolute atomic E-state index is 0.0805. The summed E-state index contributed by atoms with van der Waals surface area (Å²) in [5.74, 6) is 1.54. The van der Waals surface area contributed by atoms with Crippen LogP contribution in [0.5, 0.6) is 11.5 Å². The summed E-state index contributed by atoms with van der Waals surface area (Å²) in [4.78, 5) is 4.33. The van der Waals surface area contributed by atoms with Crippen LogP contribution in [0.2, 0.25) is 0 Å². The number of phenols is 1. The zero-order valence-corrected chi connectivity index (χ0v) is 11.7. The molecule has 1 atom stereocenters. The maximum atomic E-state index is 9.55. The highest BCUT2D eigenvalue weighted by atomic mass is 16.5. The molecule has 2 aromatic rings. The summed E-state index contributed by atoms with van der Waals surface area (Å²) in [5.41, 5.74) is 6.43. The third-order valence-corrected chi connectivity index (χ3v) is 2.96. The molecule has 0 amide bonds. The Labute approximate surface area is 117 Å². The van der Waals surface area contributed by atoms with Gasteiger partial charge in [0, 0.05) is 18.0 Å². The summed E-state index contributed by atoms with van der Waals surface area (Å²) in [6, 6.07) is 5.11. The normalized spacial score (nSPS) is 12.3. The third-order valence-electron chi connectivity index (χ3n) is 2.96. The first-order valence-corrected chi connectivity index (χ1v) is 6.55. The number of nitrogens with two attached hydrogens (primary N) is 1. The van der Waals surface area contributed by atoms with Crippen molar-refractivity contribution in [2.45, 2.75) is 32.2 Å². The van der Waals surface area contributed by atoms with Crippen LogP contribution >= 0.6 is 0 Å². The summed E-state index contributed by atoms with van der Waals surface area (Å²) in [7, 11) is 1.49. The van der Waals surface area contributed by atoms with Gasteiger partial charge in [-0.2, -0.15) is 4.98 Å². The highest BCUT2D eigenvalue weighted by molar-refractivity contribution is 5.60. The van der Waals surface area contributed by atoms with E-state index in [1.165, 1.54) is 7.11 Å². The minimum Gasteiger partial charge on any atom is -0.504 e. The van der Waals surface area contributed by atoms with Gasteiger partial charge in [-0.25, -0.2) is 0 Å². The first-order valence-electron chi connectivity index (χ1n) is 6.55. The van der Waals surface area contributed by atoms with Crippen LogP contribution in [-0.2, 0) is 6.42 Å². The standard InChI is InChI=1S/C14H19N3O3/c1-9(15)4-3-5-13-16-14(17-20-13)10-6-7-11(18)12(8-10)19-2/h6-9,18H,3-5,15H2,1-2H3. The molecule has 6 nitrogen and oxygen atoms in total. The monoisotopic (exact) mass is 277 g/mol. The number of hydrogen-bond donors (Lipinski definition) is 2. The molecule has 2 rings (SSSR count). The van der Waals surface area contributed by atoms with Crippen molar-refractivity contribution in [2.24, 2.45) is 5.73 Å². The van der Waals surface area contributed by atoms with Crippen molar-refractivity contribution in [1.82, 2.24) is 10.1 Å². The van der Waals surface area contributed by atoms with Gasteiger partial charge in [-0.1, -0.05) is 5.16 Å². The Morgan fingerprint density at radius 1 is 1.45 bits per heavy atom. The fraction of sp³-hybridized carbons (Fsp3) is 0.429. The molecule has 0 aliphatic rings. The number of nitrogens with zero attached hydrogens (tertiary/aromatic N) is 2. The minimum atomic E-state index is 0.0805. The quantitative estimate of drug-likeness (QED) is 0.839. The number of aromatic nitrogens is 2. The zero-order chi connectivity index (χ0) is 14.5. The molecule has 1 aromatic heterocycles. The van der Waals surface area contributed by atoms with Crippen LogP contribution in [0.3, 0.4) is 0 Å². The van der Waals surface area contributed by atoms with Crippen LogP contribution in [-0.4, -0.2) is 28.4 Å². The topological polar surface area (TPSA) is 94.4 Å². The lowest BCUT2D eigenvalue weighted by atomic mass is 10.1. The van der Waals surface area contributed by atoms with Crippen molar-refractivity contribution in [3.05, 3.63) is 24.1 Å². The van der Waals surface area contributed by atoms with E-state index in [1.54, 1.807) is 18.2 Å². The van der Waals surface area contributed by atoms with E-state index in [4.69, 9.17) is 15.0 Å². The predicted octanol–water partition coefficient (Wildman–Crippen LogP) is 2.12. The molecule has 0 radical (unpaired) electrons. The number of phenolic OH excluding ortho intramolecular Hbond substituents is 1. The average Bonchev–Trinajstić information content (AvgIpc) is 2.87. The number of aryl methyl sites for hydroxylation is 1. The van der Waals surface area contributed by atoms with Crippen molar-refractivity contribution in [1.29, 1.82) is 0 Å². The van der Waals surface area contributed by atoms with Gasteiger partial charge in [0.25, 0.3) is 0 Å². The van der Waals surface area contributed by atoms with Crippen molar-refractivity contribution in [3.63, 3.8) is 0 Å². The Hall–Kier alpha value is -2.08. The third kappa shape index (κ3) is 3.48. The van der Waals surface area contributed by atoms with Gasteiger partial charge in [0.05, 0.1) is 7.11 Å². The fourth-order valence-electron chi connectivity index (χ4n) is 1.87. The van der Waals surface area contributed by atoms with Gasteiger partial charge in [0.15, 0.2) is 11.5 Å². The van der Waals surface area contributed by atoms with Gasteiger partial charge in [-0.05, 0) is 38.0 Å². The Balaban J connectivity index is 2.08. The number of benzene rings is 1. The van der Waals surface area contributed by atoms with Gasteiger partial charge < -0.3 is 20.1 Å². The predicted molar refractivity (Wildman–Crippen MR) is 74.5 cm³/mol. The maximum absolute atomic E-state index is 9.55. The molecule has 1 aromatic carbocycles. The summed E-state index contributed by atoms with van der Waals surface area (Å²) in [6.07, 6.45) is 2.55. The number of hydrogen-bond acceptors (Lipinski definition) is 6. The van der Waals surface area contributed by atoms with Crippen molar-refractivity contribution < 1.29 is 14.4 Å². The smallest absolute Gasteiger partial charge is 0.226 e. The zero-order valence-electron chi connectivity index (χ0n) is 11.7. The molecular weight excluding hydrogens is 258 g/mol. The van der Waals surface area contributed by atoms with Crippen LogP contribution in [0.25, 0.3) is 11.4 Å². The van der Waals surface area contributed by atoms with Gasteiger partial charge in [-0.3, -0.25) is 0 Å². The molecule has 1 heterocycles. The molecule has 1 unspecified atom stereocenters. The molecule has 6 heteroatoms. The Bertz CT molecular complexity index is 567. The molecule has 0 aliphatic carbocycles. The highest BCUT2D eigenvalue weighted by Crippen LogP contribution is 2.30. The SMILES string of the molecule is COc1cc(-c2noc(CCCC(C)N)n2)ccc1O. The van der Waals surface area contributed by atoms with Crippen LogP contribution in [0.1, 0.15) is 25.7 Å². The Morgan fingerprint density at radius 3 is 2.95 bits per heavy atom. The molecule has 108 valence electrons. The lowest BCUT2D eigenvalue weighted by Crippen LogP contribution is -2.14. The van der Waals surface area contributed by atoms with Crippen molar-refractivity contribution >= 4 is 0 Å². The molecule has 0 aliphatic heterocycles. The fourth-order valence-corrected chi connectivity index (χ4v) is 1.87. The van der Waals surface area contributed by atoms with E-state index in [9.17, 15) is 5.11 Å². The largest absolute Gasteiger partial charge is 0.504 e. The van der Waals surface area contributed by atoms with Gasteiger partial charge in [0.2, 0.25) is 11.7 Å². The molecular formula is C14H19N3O3. The lowest BCUT2D eigenvalue weighted by molar-refractivity contribution is 0.371. The average molecular weight is 277 g/mol. The number of ether oxygens (including phenoxy) is 1. The summed E-state index contributed by atoms with van der Waals surface area (Å²) >= 11 is 0. The van der Waals surface area contributed by atoms with Crippen LogP contribution in [0, 0.1) is 0 Å². The van der Waals surface area contributed by atoms with Crippen LogP contribution in [0.4, 0.5) is 0 Å². The second-order valence-corrected chi connectivity index (χ2v) is 4.77. The second kappa shape index (κ2) is 6.38. The molecule has 20 heavy (non-hydrogen) atoms.